The lowest BCUT2D eigenvalue weighted by molar-refractivity contribution is -0.779. The molecule has 0 bridgehead atoms. The number of hydrogen-bond donors (Lipinski definition) is 0. The van der Waals surface area contributed by atoms with Gasteiger partial charge in [-0.2, -0.15) is 0 Å². The Morgan fingerprint density at radius 3 is 2.83 bits per heavy atom. The lowest BCUT2D eigenvalue weighted by Crippen LogP contribution is -2.36. The van der Waals surface area contributed by atoms with E-state index in [2.05, 4.69) is 10.3 Å². The van der Waals surface area contributed by atoms with E-state index in [0.717, 1.165) is 0 Å². The van der Waals surface area contributed by atoms with Gasteiger partial charge in [0, 0.05) is 0 Å². The van der Waals surface area contributed by atoms with Crippen LogP contribution in [0.25, 0.3) is 0 Å². The number of hydrogen-bond acceptors (Lipinski definition) is 4. The molecule has 0 N–H and O–H groups in total. The summed E-state index contributed by atoms with van der Waals surface area (Å²) < 4.78 is 6.36. The molecule has 1 heterocycles. The van der Waals surface area contributed by atoms with Crippen LogP contribution in [0.5, 0.6) is 0 Å². The molecular weight excluding hydrogens is 158 g/mol. The molecular formula is C7H11N3O2. The van der Waals surface area contributed by atoms with Gasteiger partial charge in [0.15, 0.2) is 6.04 Å². The first-order valence-corrected chi connectivity index (χ1v) is 3.70. The molecule has 0 radical (unpaired) electrons. The van der Waals surface area contributed by atoms with Crippen LogP contribution < -0.4 is 9.79 Å². The SMILES string of the molecule is C/C([O-])=N\c1c[n+](C(C)C)no1. The molecule has 66 valence electrons. The van der Waals surface area contributed by atoms with Crippen LogP contribution in [0.3, 0.4) is 0 Å². The molecule has 5 heteroatoms. The third-order valence-corrected chi connectivity index (χ3v) is 1.27. The van der Waals surface area contributed by atoms with Crippen molar-refractivity contribution in [2.45, 2.75) is 26.8 Å². The third-order valence-electron chi connectivity index (χ3n) is 1.27. The molecule has 0 saturated carbocycles. The van der Waals surface area contributed by atoms with Crippen molar-refractivity contribution in [1.29, 1.82) is 0 Å². The lowest BCUT2D eigenvalue weighted by atomic mass is 10.4. The van der Waals surface area contributed by atoms with E-state index in [1.807, 2.05) is 13.8 Å². The molecule has 5 nitrogen and oxygen atoms in total. The molecule has 12 heavy (non-hydrogen) atoms. The van der Waals surface area contributed by atoms with Crippen molar-refractivity contribution >= 4 is 11.8 Å². The van der Waals surface area contributed by atoms with Crippen molar-refractivity contribution in [3.63, 3.8) is 0 Å². The minimum absolute atomic E-state index is 0.213. The molecule has 1 aromatic heterocycles. The summed E-state index contributed by atoms with van der Waals surface area (Å²) in [5.74, 6) is -0.0433. The summed E-state index contributed by atoms with van der Waals surface area (Å²) in [5, 5.41) is 14.2. The van der Waals surface area contributed by atoms with Gasteiger partial charge in [-0.15, -0.1) is 0 Å². The molecule has 0 unspecified atom stereocenters. The molecule has 0 aromatic carbocycles. The fourth-order valence-corrected chi connectivity index (χ4v) is 0.697. The van der Waals surface area contributed by atoms with Gasteiger partial charge in [-0.3, -0.25) is 4.52 Å². The Labute approximate surface area is 70.3 Å². The molecule has 0 aliphatic rings. The van der Waals surface area contributed by atoms with Gasteiger partial charge in [-0.25, -0.2) is 4.99 Å². The van der Waals surface area contributed by atoms with Crippen LogP contribution in [0.1, 0.15) is 26.8 Å². The van der Waals surface area contributed by atoms with E-state index in [1.165, 1.54) is 6.92 Å². The van der Waals surface area contributed by atoms with Crippen LogP contribution in [0.15, 0.2) is 15.7 Å². The summed E-state index contributed by atoms with van der Waals surface area (Å²) >= 11 is 0. The second-order valence-corrected chi connectivity index (χ2v) is 2.74. The summed E-state index contributed by atoms with van der Waals surface area (Å²) in [7, 11) is 0. The van der Waals surface area contributed by atoms with Gasteiger partial charge in [-0.1, -0.05) is 0 Å². The smallest absolute Gasteiger partial charge is 0.320 e. The first-order chi connectivity index (χ1) is 5.59. The van der Waals surface area contributed by atoms with E-state index in [9.17, 15) is 5.11 Å². The Bertz CT molecular complexity index is 287. The van der Waals surface area contributed by atoms with Crippen molar-refractivity contribution in [3.8, 4) is 0 Å². The largest absolute Gasteiger partial charge is 0.862 e. The summed E-state index contributed by atoms with van der Waals surface area (Å²) in [4.78, 5) is 3.57. The standard InChI is InChI=1S/C7H11N3O2/c1-5(2)10-4-7(12-9-10)8-6(3)11/h4-5H,1-3H3. The highest BCUT2D eigenvalue weighted by molar-refractivity contribution is 5.70. The van der Waals surface area contributed by atoms with Crippen molar-refractivity contribution < 1.29 is 14.3 Å². The lowest BCUT2D eigenvalue weighted by Gasteiger charge is -1.95. The monoisotopic (exact) mass is 169 g/mol. The van der Waals surface area contributed by atoms with Crippen molar-refractivity contribution in [1.82, 2.24) is 5.27 Å². The maximum absolute atomic E-state index is 10.5. The summed E-state index contributed by atoms with van der Waals surface area (Å²) in [5.41, 5.74) is 0. The van der Waals surface area contributed by atoms with Gasteiger partial charge in [-0.05, 0) is 31.4 Å². The average Bonchev–Trinajstić information content (AvgIpc) is 2.34. The van der Waals surface area contributed by atoms with Crippen LogP contribution in [-0.4, -0.2) is 11.2 Å². The zero-order valence-electron chi connectivity index (χ0n) is 7.31. The number of aliphatic imine (C=N–C) groups is 1. The maximum Gasteiger partial charge on any atom is 0.320 e. The van der Waals surface area contributed by atoms with E-state index in [1.54, 1.807) is 10.9 Å². The summed E-state index contributed by atoms with van der Waals surface area (Å²) in [6, 6.07) is 0.213. The summed E-state index contributed by atoms with van der Waals surface area (Å²) in [6.07, 6.45) is 1.59. The molecule has 0 aliphatic carbocycles. The Balaban J connectivity index is 2.85. The van der Waals surface area contributed by atoms with Gasteiger partial charge in [0.1, 0.15) is 0 Å². The predicted molar refractivity (Wildman–Crippen MR) is 39.9 cm³/mol. The number of nitrogens with zero attached hydrogens (tertiary/aromatic N) is 3. The van der Waals surface area contributed by atoms with Gasteiger partial charge in [0.25, 0.3) is 6.20 Å². The Hall–Kier alpha value is -1.39. The van der Waals surface area contributed by atoms with Gasteiger partial charge in [0.2, 0.25) is 5.27 Å². The number of aromatic nitrogens is 2. The first-order valence-electron chi connectivity index (χ1n) is 3.70. The first kappa shape index (κ1) is 8.70. The number of rotatable bonds is 2. The van der Waals surface area contributed by atoms with E-state index in [4.69, 9.17) is 4.52 Å². The Morgan fingerprint density at radius 2 is 2.42 bits per heavy atom. The zero-order chi connectivity index (χ0) is 9.14. The summed E-state index contributed by atoms with van der Waals surface area (Å²) in [6.45, 7) is 5.28. The average molecular weight is 169 g/mol. The second kappa shape index (κ2) is 3.34. The van der Waals surface area contributed by atoms with Gasteiger partial charge < -0.3 is 5.11 Å². The van der Waals surface area contributed by atoms with E-state index < -0.39 is 0 Å². The third kappa shape index (κ3) is 2.05. The predicted octanol–water partition coefficient (Wildman–Crippen LogP) is -0.0468. The van der Waals surface area contributed by atoms with E-state index >= 15 is 0 Å². The van der Waals surface area contributed by atoms with Crippen LogP contribution in [-0.2, 0) is 0 Å². The van der Waals surface area contributed by atoms with Crippen LogP contribution in [0.2, 0.25) is 0 Å². The van der Waals surface area contributed by atoms with Crippen molar-refractivity contribution in [3.05, 3.63) is 6.20 Å². The molecule has 1 rings (SSSR count). The highest BCUT2D eigenvalue weighted by Gasteiger charge is 2.13. The van der Waals surface area contributed by atoms with Crippen molar-refractivity contribution in [2.24, 2.45) is 4.99 Å². The normalized spacial score (nSPS) is 12.5. The Morgan fingerprint density at radius 1 is 1.75 bits per heavy atom. The zero-order valence-corrected chi connectivity index (χ0v) is 7.31. The minimum Gasteiger partial charge on any atom is -0.862 e. The van der Waals surface area contributed by atoms with Crippen LogP contribution in [0, 0.1) is 0 Å². The van der Waals surface area contributed by atoms with E-state index in [-0.39, 0.29) is 17.8 Å². The molecule has 0 atom stereocenters. The van der Waals surface area contributed by atoms with Gasteiger partial charge in [0.05, 0.1) is 0 Å². The van der Waals surface area contributed by atoms with E-state index in [0.29, 0.717) is 0 Å². The molecule has 0 aliphatic heterocycles. The highest BCUT2D eigenvalue weighted by atomic mass is 16.5. The molecule has 0 saturated heterocycles. The quantitative estimate of drug-likeness (QED) is 0.354. The Kier molecular flexibility index (Phi) is 2.42. The molecule has 0 spiro atoms. The molecule has 1 aromatic rings. The van der Waals surface area contributed by atoms with Crippen LogP contribution >= 0.6 is 0 Å². The van der Waals surface area contributed by atoms with Gasteiger partial charge >= 0.3 is 5.88 Å². The molecule has 0 fully saturated rings. The maximum atomic E-state index is 10.5. The fourth-order valence-electron chi connectivity index (χ4n) is 0.697. The fraction of sp³-hybridized carbons (Fsp3) is 0.571. The molecule has 0 amide bonds. The second-order valence-electron chi connectivity index (χ2n) is 2.74. The highest BCUT2D eigenvalue weighted by Crippen LogP contribution is 2.06. The van der Waals surface area contributed by atoms with Crippen LogP contribution in [0.4, 0.5) is 5.88 Å². The topological polar surface area (TPSA) is 65.3 Å². The minimum atomic E-state index is -0.290. The van der Waals surface area contributed by atoms with Crippen molar-refractivity contribution in [2.75, 3.05) is 0 Å².